The first-order valence-electron chi connectivity index (χ1n) is 8.27. The Morgan fingerprint density at radius 1 is 1.38 bits per heavy atom. The third-order valence-electron chi connectivity index (χ3n) is 4.37. The molecule has 2 atom stereocenters. The molecule has 9 heteroatoms. The predicted molar refractivity (Wildman–Crippen MR) is 88.3 cm³/mol. The topological polar surface area (TPSA) is 91.4 Å². The molecule has 1 aromatic rings. The highest BCUT2D eigenvalue weighted by atomic mass is 19.4. The number of nitrogens with one attached hydrogen (secondary N) is 1. The Kier molecular flexibility index (Phi) is 6.69. The van der Waals surface area contributed by atoms with Crippen molar-refractivity contribution in [1.29, 1.82) is 5.26 Å². The molecule has 0 saturated carbocycles. The van der Waals surface area contributed by atoms with E-state index in [2.05, 4.69) is 5.32 Å². The molecule has 1 heterocycles. The second kappa shape index (κ2) is 8.76. The number of nitrogens with zero attached hydrogens (tertiary/aromatic N) is 2. The van der Waals surface area contributed by atoms with E-state index in [0.29, 0.717) is 11.3 Å². The number of hydrogen-bond donors (Lipinski definition) is 2. The van der Waals surface area contributed by atoms with Crippen molar-refractivity contribution in [3.05, 3.63) is 29.8 Å². The quantitative estimate of drug-likeness (QED) is 0.777. The van der Waals surface area contributed by atoms with Crippen molar-refractivity contribution in [2.24, 2.45) is 17.6 Å². The van der Waals surface area contributed by atoms with E-state index in [1.807, 2.05) is 6.07 Å². The number of carbonyl (C=O) groups is 1. The van der Waals surface area contributed by atoms with Gasteiger partial charge in [0.05, 0.1) is 24.1 Å². The Morgan fingerprint density at radius 2 is 2.08 bits per heavy atom. The maximum atomic E-state index is 13.0. The number of likely N-dealkylation sites (tertiary alicyclic amines) is 1. The normalized spacial score (nSPS) is 20.3. The number of alkyl halides is 3. The molecule has 1 fully saturated rings. The first-order chi connectivity index (χ1) is 12.3. The van der Waals surface area contributed by atoms with Gasteiger partial charge in [0, 0.05) is 19.0 Å². The number of benzene rings is 1. The molecule has 2 rings (SSSR count). The van der Waals surface area contributed by atoms with Gasteiger partial charge in [-0.3, -0.25) is 0 Å². The monoisotopic (exact) mass is 370 g/mol. The molecule has 1 aliphatic heterocycles. The number of nitrogens with two attached hydrogens (primary N) is 1. The number of rotatable bonds is 5. The highest BCUT2D eigenvalue weighted by Crippen LogP contribution is 2.37. The van der Waals surface area contributed by atoms with Crippen molar-refractivity contribution in [2.45, 2.75) is 12.6 Å². The zero-order valence-electron chi connectivity index (χ0n) is 14.1. The first-order valence-corrected chi connectivity index (χ1v) is 8.27. The number of amides is 2. The number of halogens is 3. The Balaban J connectivity index is 1.75. The van der Waals surface area contributed by atoms with Gasteiger partial charge >= 0.3 is 12.2 Å². The van der Waals surface area contributed by atoms with Crippen LogP contribution < -0.4 is 15.8 Å². The molecule has 2 unspecified atom stereocenters. The average molecular weight is 370 g/mol. The van der Waals surface area contributed by atoms with Crippen LogP contribution in [0.25, 0.3) is 0 Å². The zero-order valence-corrected chi connectivity index (χ0v) is 14.1. The fourth-order valence-electron chi connectivity index (χ4n) is 2.95. The lowest BCUT2D eigenvalue weighted by Gasteiger charge is -2.38. The summed E-state index contributed by atoms with van der Waals surface area (Å²) in [6.07, 6.45) is -4.43. The van der Waals surface area contributed by atoms with Crippen molar-refractivity contribution >= 4 is 6.03 Å². The van der Waals surface area contributed by atoms with Crippen molar-refractivity contribution in [1.82, 2.24) is 10.2 Å². The van der Waals surface area contributed by atoms with Crippen LogP contribution >= 0.6 is 0 Å². The summed E-state index contributed by atoms with van der Waals surface area (Å²) < 4.78 is 44.3. The summed E-state index contributed by atoms with van der Waals surface area (Å²) in [6.45, 7) is 0.337. The Morgan fingerprint density at radius 3 is 2.65 bits per heavy atom. The van der Waals surface area contributed by atoms with Gasteiger partial charge in [0.2, 0.25) is 0 Å². The molecule has 1 aliphatic rings. The first kappa shape index (κ1) is 19.8. The third kappa shape index (κ3) is 5.26. The van der Waals surface area contributed by atoms with Gasteiger partial charge in [-0.1, -0.05) is 0 Å². The second-order valence-electron chi connectivity index (χ2n) is 6.10. The van der Waals surface area contributed by atoms with Crippen LogP contribution in [0.3, 0.4) is 0 Å². The Labute approximate surface area is 149 Å². The van der Waals surface area contributed by atoms with Gasteiger partial charge in [-0.15, -0.1) is 0 Å². The van der Waals surface area contributed by atoms with E-state index < -0.39 is 24.0 Å². The summed E-state index contributed by atoms with van der Waals surface area (Å²) in [5.41, 5.74) is 5.98. The molecule has 0 spiro atoms. The van der Waals surface area contributed by atoms with Crippen molar-refractivity contribution in [3.63, 3.8) is 0 Å². The number of ether oxygens (including phenoxy) is 1. The lowest BCUT2D eigenvalue weighted by atomic mass is 9.85. The smallest absolute Gasteiger partial charge is 0.392 e. The van der Waals surface area contributed by atoms with Crippen LogP contribution in [-0.4, -0.2) is 49.9 Å². The average Bonchev–Trinajstić information content (AvgIpc) is 2.64. The van der Waals surface area contributed by atoms with Gasteiger partial charge in [0.25, 0.3) is 0 Å². The number of hydrogen-bond acceptors (Lipinski definition) is 4. The zero-order chi connectivity index (χ0) is 19.2. The van der Waals surface area contributed by atoms with E-state index in [0.717, 1.165) is 0 Å². The van der Waals surface area contributed by atoms with Crippen LogP contribution in [0.1, 0.15) is 12.0 Å². The second-order valence-corrected chi connectivity index (χ2v) is 6.10. The van der Waals surface area contributed by atoms with E-state index in [9.17, 15) is 18.0 Å². The lowest BCUT2D eigenvalue weighted by molar-refractivity contribution is -0.197. The summed E-state index contributed by atoms with van der Waals surface area (Å²) in [7, 11) is 0. The standard InChI is InChI=1S/C17H21F3N4O2/c18-17(19,20)15-5-7-24(11-13(15)10-22)16(25)23-6-8-26-14-3-1-12(9-21)2-4-14/h1-4,13,15H,5-8,10-11,22H2,(H,23,25). The molecule has 26 heavy (non-hydrogen) atoms. The molecular weight excluding hydrogens is 349 g/mol. The van der Waals surface area contributed by atoms with Crippen LogP contribution in [0, 0.1) is 23.2 Å². The number of piperidine rings is 1. The predicted octanol–water partition coefficient (Wildman–Crippen LogP) is 2.11. The molecule has 142 valence electrons. The van der Waals surface area contributed by atoms with Crippen LogP contribution in [0.2, 0.25) is 0 Å². The molecule has 1 saturated heterocycles. The molecule has 1 aromatic carbocycles. The van der Waals surface area contributed by atoms with Gasteiger partial charge in [0.1, 0.15) is 12.4 Å². The van der Waals surface area contributed by atoms with Gasteiger partial charge in [-0.25, -0.2) is 4.79 Å². The van der Waals surface area contributed by atoms with Crippen LogP contribution in [-0.2, 0) is 0 Å². The van der Waals surface area contributed by atoms with E-state index >= 15 is 0 Å². The number of urea groups is 1. The minimum absolute atomic E-state index is 0.0109. The SMILES string of the molecule is N#Cc1ccc(OCCNC(=O)N2CCC(C(F)(F)F)C(CN)C2)cc1. The minimum Gasteiger partial charge on any atom is -0.492 e. The van der Waals surface area contributed by atoms with Crippen molar-refractivity contribution in [2.75, 3.05) is 32.8 Å². The molecule has 3 N–H and O–H groups in total. The molecular formula is C17H21F3N4O2. The maximum Gasteiger partial charge on any atom is 0.392 e. The van der Waals surface area contributed by atoms with Crippen LogP contribution in [0.5, 0.6) is 5.75 Å². The molecule has 0 bridgehead atoms. The molecule has 0 aromatic heterocycles. The van der Waals surface area contributed by atoms with Gasteiger partial charge in [-0.05, 0) is 37.2 Å². The summed E-state index contributed by atoms with van der Waals surface area (Å²) >= 11 is 0. The molecule has 0 aliphatic carbocycles. The van der Waals surface area contributed by atoms with E-state index in [4.69, 9.17) is 15.7 Å². The largest absolute Gasteiger partial charge is 0.492 e. The summed E-state index contributed by atoms with van der Waals surface area (Å²) in [5.74, 6) is -1.69. The van der Waals surface area contributed by atoms with Crippen molar-refractivity contribution in [3.8, 4) is 11.8 Å². The van der Waals surface area contributed by atoms with Gasteiger partial charge < -0.3 is 20.7 Å². The van der Waals surface area contributed by atoms with Gasteiger partial charge in [0.15, 0.2) is 0 Å². The Bertz CT molecular complexity index is 643. The highest BCUT2D eigenvalue weighted by molar-refractivity contribution is 5.74. The number of carbonyl (C=O) groups excluding carboxylic acids is 1. The summed E-state index contributed by atoms with van der Waals surface area (Å²) in [5, 5.41) is 11.3. The highest BCUT2D eigenvalue weighted by Gasteiger charge is 2.47. The molecule has 0 radical (unpaired) electrons. The fraction of sp³-hybridized carbons (Fsp3) is 0.529. The number of nitriles is 1. The lowest BCUT2D eigenvalue weighted by Crippen LogP contribution is -2.53. The van der Waals surface area contributed by atoms with Crippen LogP contribution in [0.4, 0.5) is 18.0 Å². The van der Waals surface area contributed by atoms with Crippen LogP contribution in [0.15, 0.2) is 24.3 Å². The summed E-state index contributed by atoms with van der Waals surface area (Å²) in [4.78, 5) is 13.5. The molecule has 2 amide bonds. The maximum absolute atomic E-state index is 13.0. The fourth-order valence-corrected chi connectivity index (χ4v) is 2.95. The molecule has 6 nitrogen and oxygen atoms in total. The van der Waals surface area contributed by atoms with Gasteiger partial charge in [-0.2, -0.15) is 18.4 Å². The third-order valence-corrected chi connectivity index (χ3v) is 4.37. The van der Waals surface area contributed by atoms with E-state index in [1.165, 1.54) is 4.90 Å². The van der Waals surface area contributed by atoms with E-state index in [1.54, 1.807) is 24.3 Å². The van der Waals surface area contributed by atoms with Crippen molar-refractivity contribution < 1.29 is 22.7 Å². The van der Waals surface area contributed by atoms with E-state index in [-0.39, 0.29) is 39.2 Å². The summed E-state index contributed by atoms with van der Waals surface area (Å²) in [6, 6.07) is 8.10. The minimum atomic E-state index is -4.29. The Hall–Kier alpha value is -2.47.